The van der Waals surface area contributed by atoms with Gasteiger partial charge >= 0.3 is 0 Å². The molecule has 0 fully saturated rings. The second-order valence-corrected chi connectivity index (χ2v) is 12.9. The Labute approximate surface area is 247 Å². The lowest BCUT2D eigenvalue weighted by atomic mass is 9.89. The molecule has 2 nitrogen and oxygen atoms in total. The summed E-state index contributed by atoms with van der Waals surface area (Å²) < 4.78 is 5.25. The number of H-pyrrole nitrogens is 1. The van der Waals surface area contributed by atoms with Crippen LogP contribution in [-0.2, 0) is 5.54 Å². The van der Waals surface area contributed by atoms with Gasteiger partial charge in [0.1, 0.15) is 0 Å². The number of hydrogen-bond acceptors (Lipinski definition) is 1. The van der Waals surface area contributed by atoms with Crippen LogP contribution in [0.15, 0.2) is 127 Å². The number of para-hydroxylation sites is 2. The number of nitrogens with one attached hydrogen (secondary N) is 1. The first kappa shape index (κ1) is 23.8. The van der Waals surface area contributed by atoms with E-state index in [9.17, 15) is 0 Å². The minimum absolute atomic E-state index is 0.283. The summed E-state index contributed by atoms with van der Waals surface area (Å²) in [5.74, 6) is 0. The minimum atomic E-state index is -0.283. The van der Waals surface area contributed by atoms with E-state index in [0.717, 1.165) is 0 Å². The Kier molecular flexibility index (Phi) is 4.86. The van der Waals surface area contributed by atoms with Crippen LogP contribution in [0.2, 0.25) is 0 Å². The summed E-state index contributed by atoms with van der Waals surface area (Å²) in [6.07, 6.45) is 0. The predicted molar refractivity (Wildman–Crippen MR) is 182 cm³/mol. The first-order chi connectivity index (χ1) is 20.6. The van der Waals surface area contributed by atoms with Gasteiger partial charge in [-0.05, 0) is 79.1 Å². The predicted octanol–water partition coefficient (Wildman–Crippen LogP) is 11.2. The smallest absolute Gasteiger partial charge is 0.0653 e. The molecule has 0 aliphatic heterocycles. The molecule has 0 saturated heterocycles. The van der Waals surface area contributed by atoms with Gasteiger partial charge in [-0.3, -0.25) is 0 Å². The molecule has 6 aromatic carbocycles. The summed E-state index contributed by atoms with van der Waals surface area (Å²) in [6, 6.07) is 46.9. The first-order valence-corrected chi connectivity index (χ1v) is 15.3. The highest BCUT2D eigenvalue weighted by atomic mass is 32.1. The highest BCUT2D eigenvalue weighted by Crippen LogP contribution is 2.44. The fraction of sp³-hybridized carbons (Fsp3) is 0.0769. The van der Waals surface area contributed by atoms with Crippen LogP contribution in [0, 0.1) is 0 Å². The summed E-state index contributed by atoms with van der Waals surface area (Å²) in [5.41, 5.74) is 8.42. The van der Waals surface area contributed by atoms with E-state index in [0.29, 0.717) is 0 Å². The van der Waals surface area contributed by atoms with Crippen LogP contribution in [0.1, 0.15) is 19.4 Å². The summed E-state index contributed by atoms with van der Waals surface area (Å²) in [6.45, 7) is 4.75. The van der Waals surface area contributed by atoms with Gasteiger partial charge in [-0.2, -0.15) is 0 Å². The van der Waals surface area contributed by atoms with Gasteiger partial charge in [0.25, 0.3) is 0 Å². The van der Waals surface area contributed by atoms with Crippen LogP contribution in [0.25, 0.3) is 74.9 Å². The third-order valence-corrected chi connectivity index (χ3v) is 10.3. The molecule has 0 bridgehead atoms. The van der Waals surface area contributed by atoms with Gasteiger partial charge in [0.15, 0.2) is 0 Å². The van der Waals surface area contributed by atoms with Crippen LogP contribution in [0.4, 0.5) is 0 Å². The van der Waals surface area contributed by atoms with E-state index >= 15 is 0 Å². The molecule has 0 atom stereocenters. The molecule has 9 rings (SSSR count). The molecular weight excluding hydrogens is 529 g/mol. The molecule has 3 heteroatoms. The lowest BCUT2D eigenvalue weighted by molar-refractivity contribution is 0.469. The van der Waals surface area contributed by atoms with Crippen molar-refractivity contribution in [2.24, 2.45) is 0 Å². The molecule has 0 unspecified atom stereocenters. The van der Waals surface area contributed by atoms with Crippen molar-refractivity contribution in [3.63, 3.8) is 0 Å². The highest BCUT2D eigenvalue weighted by Gasteiger charge is 2.30. The van der Waals surface area contributed by atoms with E-state index in [4.69, 9.17) is 0 Å². The molecule has 0 amide bonds. The Morgan fingerprint density at radius 3 is 2.05 bits per heavy atom. The normalized spacial score (nSPS) is 12.5. The number of hydrogen-bond donors (Lipinski definition) is 1. The molecule has 3 heterocycles. The number of rotatable bonds is 3. The van der Waals surface area contributed by atoms with E-state index < -0.39 is 0 Å². The Bertz CT molecular complexity index is 2500. The SMILES string of the molecule is CC(C)(c1cccc2sc3ccccc3c12)n1c2ccccc2c2cc(-c3ccc4[nH]c5ccccc5c4c3)ccc21. The topological polar surface area (TPSA) is 20.7 Å². The van der Waals surface area contributed by atoms with Gasteiger partial charge in [-0.15, -0.1) is 11.3 Å². The molecule has 0 saturated carbocycles. The van der Waals surface area contributed by atoms with Gasteiger partial charge in [0, 0.05) is 63.8 Å². The second kappa shape index (κ2) is 8.58. The Balaban J connectivity index is 1.28. The second-order valence-electron chi connectivity index (χ2n) is 11.9. The van der Waals surface area contributed by atoms with E-state index in [1.54, 1.807) is 0 Å². The number of benzene rings is 6. The number of aromatic amines is 1. The molecule has 9 aromatic rings. The first-order valence-electron chi connectivity index (χ1n) is 14.5. The average molecular weight is 557 g/mol. The molecule has 0 radical (unpaired) electrons. The summed E-state index contributed by atoms with van der Waals surface area (Å²) in [5, 5.41) is 7.83. The van der Waals surface area contributed by atoms with Crippen LogP contribution in [0.3, 0.4) is 0 Å². The van der Waals surface area contributed by atoms with Crippen LogP contribution in [-0.4, -0.2) is 9.55 Å². The zero-order valence-electron chi connectivity index (χ0n) is 23.5. The van der Waals surface area contributed by atoms with Crippen molar-refractivity contribution in [3.05, 3.63) is 133 Å². The zero-order valence-corrected chi connectivity index (χ0v) is 24.3. The van der Waals surface area contributed by atoms with Crippen molar-refractivity contribution in [2.75, 3.05) is 0 Å². The van der Waals surface area contributed by atoms with Gasteiger partial charge < -0.3 is 9.55 Å². The maximum Gasteiger partial charge on any atom is 0.0653 e. The Hall–Kier alpha value is -4.86. The van der Waals surface area contributed by atoms with Crippen LogP contribution >= 0.6 is 11.3 Å². The third-order valence-electron chi connectivity index (χ3n) is 9.13. The lowest BCUT2D eigenvalue weighted by Gasteiger charge is -2.31. The molecular formula is C39H28N2S. The third kappa shape index (κ3) is 3.26. The van der Waals surface area contributed by atoms with Gasteiger partial charge in [-0.1, -0.05) is 78.9 Å². The van der Waals surface area contributed by atoms with Gasteiger partial charge in [0.05, 0.1) is 5.54 Å². The van der Waals surface area contributed by atoms with E-state index in [-0.39, 0.29) is 5.54 Å². The summed E-state index contributed by atoms with van der Waals surface area (Å²) in [4.78, 5) is 3.57. The highest BCUT2D eigenvalue weighted by molar-refractivity contribution is 7.25. The van der Waals surface area contributed by atoms with Gasteiger partial charge in [0.2, 0.25) is 0 Å². The molecule has 0 spiro atoms. The van der Waals surface area contributed by atoms with E-state index in [2.05, 4.69) is 151 Å². The number of aromatic nitrogens is 2. The Morgan fingerprint density at radius 2 is 1.17 bits per heavy atom. The molecule has 200 valence electrons. The fourth-order valence-electron chi connectivity index (χ4n) is 7.19. The largest absolute Gasteiger partial charge is 0.355 e. The lowest BCUT2D eigenvalue weighted by Crippen LogP contribution is -2.27. The average Bonchev–Trinajstić information content (AvgIpc) is 3.70. The van der Waals surface area contributed by atoms with Crippen molar-refractivity contribution in [1.82, 2.24) is 9.55 Å². The molecule has 0 aliphatic carbocycles. The van der Waals surface area contributed by atoms with Crippen LogP contribution < -0.4 is 0 Å². The maximum absolute atomic E-state index is 3.57. The maximum atomic E-state index is 3.57. The molecule has 42 heavy (non-hydrogen) atoms. The molecule has 1 N–H and O–H groups in total. The van der Waals surface area contributed by atoms with Crippen molar-refractivity contribution in [3.8, 4) is 11.1 Å². The van der Waals surface area contributed by atoms with E-state index in [1.165, 1.54) is 80.5 Å². The number of fused-ring (bicyclic) bond motifs is 9. The number of nitrogens with zero attached hydrogens (tertiary/aromatic N) is 1. The fourth-order valence-corrected chi connectivity index (χ4v) is 8.32. The van der Waals surface area contributed by atoms with Crippen molar-refractivity contribution in [2.45, 2.75) is 19.4 Å². The van der Waals surface area contributed by atoms with E-state index in [1.807, 2.05) is 11.3 Å². The summed E-state index contributed by atoms with van der Waals surface area (Å²) in [7, 11) is 0. The summed E-state index contributed by atoms with van der Waals surface area (Å²) >= 11 is 1.89. The van der Waals surface area contributed by atoms with Crippen molar-refractivity contribution in [1.29, 1.82) is 0 Å². The Morgan fingerprint density at radius 1 is 0.524 bits per heavy atom. The standard InChI is InChI=1S/C39H28N2S/c1-39(2,31-13-9-17-37-38(31)28-12-5-8-16-36(28)42-37)41-34-15-7-4-11-27(34)30-23-25(19-21-35(30)41)24-18-20-33-29(22-24)26-10-3-6-14-32(26)40-33/h3-23,40H,1-2H3. The van der Waals surface area contributed by atoms with Gasteiger partial charge in [-0.25, -0.2) is 0 Å². The number of thiophene rings is 1. The monoisotopic (exact) mass is 556 g/mol. The van der Waals surface area contributed by atoms with Crippen molar-refractivity contribution < 1.29 is 0 Å². The minimum Gasteiger partial charge on any atom is -0.355 e. The van der Waals surface area contributed by atoms with Crippen molar-refractivity contribution >= 4 is 75.1 Å². The quantitative estimate of drug-likeness (QED) is 0.223. The molecule has 3 aromatic heterocycles. The molecule has 0 aliphatic rings. The zero-order chi connectivity index (χ0) is 28.0. The van der Waals surface area contributed by atoms with Crippen LogP contribution in [0.5, 0.6) is 0 Å².